The van der Waals surface area contributed by atoms with E-state index in [0.717, 1.165) is 17.2 Å². The maximum absolute atomic E-state index is 13.8. The second-order valence-electron chi connectivity index (χ2n) is 8.89. The minimum absolute atomic E-state index is 0.0890. The Morgan fingerprint density at radius 2 is 1.87 bits per heavy atom. The highest BCUT2D eigenvalue weighted by atomic mass is 19.1. The van der Waals surface area contributed by atoms with Crippen molar-refractivity contribution in [3.63, 3.8) is 0 Å². The molecule has 0 saturated carbocycles. The molecule has 6 nitrogen and oxygen atoms in total. The van der Waals surface area contributed by atoms with E-state index in [1.165, 1.54) is 12.1 Å². The van der Waals surface area contributed by atoms with Crippen molar-refractivity contribution < 1.29 is 19.1 Å². The van der Waals surface area contributed by atoms with E-state index in [-0.39, 0.29) is 35.3 Å². The summed E-state index contributed by atoms with van der Waals surface area (Å²) in [5.41, 5.74) is 2.47. The van der Waals surface area contributed by atoms with Gasteiger partial charge in [-0.05, 0) is 50.3 Å². The molecule has 2 heterocycles. The Balaban J connectivity index is 1.61. The molecule has 7 heteroatoms. The second-order valence-corrected chi connectivity index (χ2v) is 8.89. The molecule has 2 aliphatic heterocycles. The van der Waals surface area contributed by atoms with Crippen molar-refractivity contribution in [2.24, 2.45) is 11.8 Å². The molecule has 2 aliphatic rings. The van der Waals surface area contributed by atoms with E-state index in [0.29, 0.717) is 26.2 Å². The van der Waals surface area contributed by atoms with Crippen LogP contribution < -0.4 is 0 Å². The molecule has 0 unspecified atom stereocenters. The summed E-state index contributed by atoms with van der Waals surface area (Å²) in [6.07, 6.45) is 0. The number of phenolic OH excluding ortho intramolecular Hbond substituents is 1. The first-order valence-electron chi connectivity index (χ1n) is 10.5. The number of nitrogens with zero attached hydrogens (tertiary/aromatic N) is 3. The van der Waals surface area contributed by atoms with Crippen LogP contribution in [0, 0.1) is 24.6 Å². The molecule has 31 heavy (non-hydrogen) atoms. The minimum atomic E-state index is -0.802. The monoisotopic (exact) mass is 425 g/mol. The van der Waals surface area contributed by atoms with Crippen LogP contribution in [0.15, 0.2) is 42.5 Å². The number of rotatable bonds is 4. The third-order valence-electron chi connectivity index (χ3n) is 6.42. The number of aromatic hydroxyl groups is 1. The van der Waals surface area contributed by atoms with Gasteiger partial charge >= 0.3 is 0 Å². The lowest BCUT2D eigenvalue weighted by molar-refractivity contribution is -0.133. The van der Waals surface area contributed by atoms with Crippen molar-refractivity contribution in [2.45, 2.75) is 13.0 Å². The van der Waals surface area contributed by atoms with Crippen LogP contribution >= 0.6 is 0 Å². The number of likely N-dealkylation sites (tertiary alicyclic amines) is 2. The number of benzene rings is 2. The number of hydrogen-bond donors (Lipinski definition) is 1. The Morgan fingerprint density at radius 1 is 1.13 bits per heavy atom. The number of likely N-dealkylation sites (N-methyl/N-ethyl adjacent to an activating group) is 1. The van der Waals surface area contributed by atoms with Gasteiger partial charge in [0.1, 0.15) is 0 Å². The average Bonchev–Trinajstić information content (AvgIpc) is 3.28. The molecular formula is C24H28FN3O3. The van der Waals surface area contributed by atoms with Gasteiger partial charge in [-0.2, -0.15) is 0 Å². The summed E-state index contributed by atoms with van der Waals surface area (Å²) in [6.45, 7) is 4.03. The molecule has 0 bridgehead atoms. The quantitative estimate of drug-likeness (QED) is 0.818. The maximum Gasteiger partial charge on any atom is 0.253 e. The van der Waals surface area contributed by atoms with Crippen LogP contribution in [0.1, 0.15) is 27.5 Å². The van der Waals surface area contributed by atoms with Gasteiger partial charge in [0, 0.05) is 37.0 Å². The molecule has 2 fully saturated rings. The van der Waals surface area contributed by atoms with E-state index >= 15 is 0 Å². The normalized spacial score (nSPS) is 22.8. The summed E-state index contributed by atoms with van der Waals surface area (Å²) in [6, 6.07) is 11.7. The summed E-state index contributed by atoms with van der Waals surface area (Å²) >= 11 is 0. The molecule has 2 aromatic rings. The van der Waals surface area contributed by atoms with Crippen LogP contribution in [0.2, 0.25) is 0 Å². The van der Waals surface area contributed by atoms with Gasteiger partial charge in [0.25, 0.3) is 5.91 Å². The lowest BCUT2D eigenvalue weighted by atomic mass is 9.87. The molecule has 2 aromatic carbocycles. The molecule has 0 aromatic heterocycles. The van der Waals surface area contributed by atoms with E-state index in [2.05, 4.69) is 6.07 Å². The number of phenols is 1. The van der Waals surface area contributed by atoms with Crippen molar-refractivity contribution in [3.8, 4) is 5.75 Å². The van der Waals surface area contributed by atoms with Gasteiger partial charge < -0.3 is 19.8 Å². The predicted molar refractivity (Wildman–Crippen MR) is 115 cm³/mol. The summed E-state index contributed by atoms with van der Waals surface area (Å²) in [7, 11) is 3.77. The molecule has 2 amide bonds. The highest BCUT2D eigenvalue weighted by Crippen LogP contribution is 2.46. The number of aryl methyl sites for hydroxylation is 1. The minimum Gasteiger partial charge on any atom is -0.505 e. The molecule has 4 rings (SSSR count). The van der Waals surface area contributed by atoms with Crippen molar-refractivity contribution in [1.82, 2.24) is 14.7 Å². The van der Waals surface area contributed by atoms with Gasteiger partial charge in [0.2, 0.25) is 5.91 Å². The predicted octanol–water partition coefficient (Wildman–Crippen LogP) is 2.67. The number of carbonyl (C=O) groups excluding carboxylic acids is 2. The molecule has 2 saturated heterocycles. The molecular weight excluding hydrogens is 397 g/mol. The average molecular weight is 426 g/mol. The largest absolute Gasteiger partial charge is 0.505 e. The molecule has 1 N–H and O–H groups in total. The van der Waals surface area contributed by atoms with Crippen molar-refractivity contribution >= 4 is 11.8 Å². The van der Waals surface area contributed by atoms with E-state index in [1.54, 1.807) is 4.90 Å². The lowest BCUT2D eigenvalue weighted by Gasteiger charge is -2.31. The van der Waals surface area contributed by atoms with E-state index in [9.17, 15) is 19.1 Å². The lowest BCUT2D eigenvalue weighted by Crippen LogP contribution is -2.41. The summed E-state index contributed by atoms with van der Waals surface area (Å²) in [4.78, 5) is 31.6. The number of carbonyl (C=O) groups is 2. The Kier molecular flexibility index (Phi) is 5.71. The second kappa shape index (κ2) is 8.30. The first-order chi connectivity index (χ1) is 14.8. The SMILES string of the molecule is Cc1ccccc1[C@H]1[C@@H]2CN(C(=O)c3ccc(O)c(F)c3)C[C@@H]2CN1C(=O)CN(C)C. The number of amides is 2. The van der Waals surface area contributed by atoms with Gasteiger partial charge in [0.05, 0.1) is 12.6 Å². The fraction of sp³-hybridized carbons (Fsp3) is 0.417. The van der Waals surface area contributed by atoms with Crippen molar-refractivity contribution in [2.75, 3.05) is 40.3 Å². The first kappa shape index (κ1) is 21.3. The van der Waals surface area contributed by atoms with Crippen molar-refractivity contribution in [1.29, 1.82) is 0 Å². The standard InChI is InChI=1S/C24H28FN3O3/c1-15-6-4-5-7-18(15)23-19-13-27(24(31)16-8-9-21(29)20(25)10-16)11-17(19)12-28(23)22(30)14-26(2)3/h4-10,17,19,23,29H,11-14H2,1-3H3/t17-,19-,23+/m1/s1. The van der Waals surface area contributed by atoms with Gasteiger partial charge in [-0.3, -0.25) is 9.59 Å². The number of hydrogen-bond acceptors (Lipinski definition) is 4. The third kappa shape index (κ3) is 4.02. The number of fused-ring (bicyclic) bond motifs is 1. The highest BCUT2D eigenvalue weighted by Gasteiger charge is 2.50. The highest BCUT2D eigenvalue weighted by molar-refractivity contribution is 5.94. The summed E-state index contributed by atoms with van der Waals surface area (Å²) < 4.78 is 13.8. The zero-order chi connectivity index (χ0) is 22.3. The Bertz CT molecular complexity index is 1010. The van der Waals surface area contributed by atoms with E-state index in [4.69, 9.17) is 0 Å². The Labute approximate surface area is 181 Å². The van der Waals surface area contributed by atoms with Gasteiger partial charge in [0.15, 0.2) is 11.6 Å². The molecule has 0 spiro atoms. The van der Waals surface area contributed by atoms with Crippen LogP contribution in [-0.2, 0) is 4.79 Å². The molecule has 0 aliphatic carbocycles. The zero-order valence-electron chi connectivity index (χ0n) is 18.1. The summed E-state index contributed by atoms with van der Waals surface area (Å²) in [5, 5.41) is 9.41. The fourth-order valence-electron chi connectivity index (χ4n) is 4.97. The third-order valence-corrected chi connectivity index (χ3v) is 6.42. The van der Waals surface area contributed by atoms with Crippen molar-refractivity contribution in [3.05, 3.63) is 65.0 Å². The fourth-order valence-corrected chi connectivity index (χ4v) is 4.97. The van der Waals surface area contributed by atoms with E-state index < -0.39 is 11.6 Å². The smallest absolute Gasteiger partial charge is 0.253 e. The van der Waals surface area contributed by atoms with Gasteiger partial charge in [-0.15, -0.1) is 0 Å². The zero-order valence-corrected chi connectivity index (χ0v) is 18.1. The van der Waals surface area contributed by atoms with E-state index in [1.807, 2.05) is 49.0 Å². The molecule has 0 radical (unpaired) electrons. The maximum atomic E-state index is 13.8. The number of halogens is 1. The topological polar surface area (TPSA) is 64.1 Å². The molecule has 164 valence electrons. The van der Waals surface area contributed by atoms with Gasteiger partial charge in [-0.1, -0.05) is 24.3 Å². The summed E-state index contributed by atoms with van der Waals surface area (Å²) in [5.74, 6) is -1.14. The van der Waals surface area contributed by atoms with Crippen LogP contribution in [-0.4, -0.2) is 71.9 Å². The van der Waals surface area contributed by atoms with Gasteiger partial charge in [-0.25, -0.2) is 4.39 Å². The van der Waals surface area contributed by atoms with Crippen LogP contribution in [0.4, 0.5) is 4.39 Å². The van der Waals surface area contributed by atoms with Crippen LogP contribution in [0.3, 0.4) is 0 Å². The Morgan fingerprint density at radius 3 is 2.55 bits per heavy atom. The van der Waals surface area contributed by atoms with Crippen LogP contribution in [0.5, 0.6) is 5.75 Å². The Hall–Kier alpha value is -2.93. The first-order valence-corrected chi connectivity index (χ1v) is 10.5. The van der Waals surface area contributed by atoms with Crippen LogP contribution in [0.25, 0.3) is 0 Å². The molecule has 3 atom stereocenters.